The van der Waals surface area contributed by atoms with Crippen LogP contribution in [0.4, 0.5) is 5.82 Å². The zero-order valence-electron chi connectivity index (χ0n) is 12.2. The summed E-state index contributed by atoms with van der Waals surface area (Å²) in [5, 5.41) is 12.6. The van der Waals surface area contributed by atoms with Crippen molar-refractivity contribution in [2.75, 3.05) is 11.9 Å². The molecule has 3 nitrogen and oxygen atoms in total. The largest absolute Gasteiger partial charge is 0.369 e. The van der Waals surface area contributed by atoms with Crippen LogP contribution in [0.15, 0.2) is 6.07 Å². The van der Waals surface area contributed by atoms with E-state index in [9.17, 15) is 5.26 Å². The van der Waals surface area contributed by atoms with Crippen LogP contribution in [0.5, 0.6) is 0 Å². The maximum absolute atomic E-state index is 9.25. The molecule has 0 aromatic carbocycles. The fourth-order valence-corrected chi connectivity index (χ4v) is 2.41. The van der Waals surface area contributed by atoms with E-state index in [4.69, 9.17) is 0 Å². The Morgan fingerprint density at radius 3 is 2.74 bits per heavy atom. The van der Waals surface area contributed by atoms with Crippen molar-refractivity contribution in [2.24, 2.45) is 5.41 Å². The first-order valence-corrected chi connectivity index (χ1v) is 7.16. The molecule has 0 fully saturated rings. The quantitative estimate of drug-likeness (QED) is 0.898. The highest BCUT2D eigenvalue weighted by Gasteiger charge is 2.15. The molecule has 0 spiro atoms. The zero-order chi connectivity index (χ0) is 13.9. The van der Waals surface area contributed by atoms with Gasteiger partial charge < -0.3 is 5.32 Å². The van der Waals surface area contributed by atoms with Crippen molar-refractivity contribution in [2.45, 2.75) is 52.9 Å². The van der Waals surface area contributed by atoms with Crippen LogP contribution in [0.1, 0.15) is 56.9 Å². The van der Waals surface area contributed by atoms with Crippen molar-refractivity contribution >= 4 is 5.82 Å². The first-order chi connectivity index (χ1) is 8.99. The lowest BCUT2D eigenvalue weighted by atomic mass is 9.92. The predicted octanol–water partition coefficient (Wildman–Crippen LogP) is 3.68. The molecule has 0 bridgehead atoms. The fourth-order valence-electron chi connectivity index (χ4n) is 2.41. The Bertz CT molecular complexity index is 492. The lowest BCUT2D eigenvalue weighted by molar-refractivity contribution is 0.389. The average Bonchev–Trinajstić information content (AvgIpc) is 2.36. The number of hydrogen-bond acceptors (Lipinski definition) is 3. The maximum Gasteiger partial charge on any atom is 0.144 e. The second kappa shape index (κ2) is 5.61. The van der Waals surface area contributed by atoms with Gasteiger partial charge >= 0.3 is 0 Å². The second-order valence-electron chi connectivity index (χ2n) is 6.55. The summed E-state index contributed by atoms with van der Waals surface area (Å²) in [4.78, 5) is 4.67. The highest BCUT2D eigenvalue weighted by molar-refractivity contribution is 5.54. The number of rotatable bonds is 3. The van der Waals surface area contributed by atoms with Gasteiger partial charge in [-0.05, 0) is 49.1 Å². The molecule has 0 radical (unpaired) electrons. The fraction of sp³-hybridized carbons (Fsp3) is 0.625. The molecular weight excluding hydrogens is 234 g/mol. The third kappa shape index (κ3) is 3.70. The predicted molar refractivity (Wildman–Crippen MR) is 78.2 cm³/mol. The van der Waals surface area contributed by atoms with Crippen molar-refractivity contribution in [3.05, 3.63) is 22.9 Å². The van der Waals surface area contributed by atoms with Crippen LogP contribution in [-0.2, 0) is 12.8 Å². The molecule has 1 aromatic heterocycles. The monoisotopic (exact) mass is 257 g/mol. The van der Waals surface area contributed by atoms with E-state index in [1.165, 1.54) is 24.1 Å². The van der Waals surface area contributed by atoms with Gasteiger partial charge in [-0.2, -0.15) is 5.26 Å². The summed E-state index contributed by atoms with van der Waals surface area (Å²) in [5.41, 5.74) is 3.44. The van der Waals surface area contributed by atoms with E-state index in [1.807, 2.05) is 6.07 Å². The van der Waals surface area contributed by atoms with E-state index < -0.39 is 0 Å². The number of nitriles is 1. The lowest BCUT2D eigenvalue weighted by Crippen LogP contribution is -2.15. The van der Waals surface area contributed by atoms with Gasteiger partial charge in [-0.25, -0.2) is 4.98 Å². The molecule has 0 amide bonds. The second-order valence-corrected chi connectivity index (χ2v) is 6.55. The Morgan fingerprint density at radius 2 is 2.05 bits per heavy atom. The van der Waals surface area contributed by atoms with Gasteiger partial charge in [0.1, 0.15) is 11.9 Å². The molecule has 1 aliphatic carbocycles. The zero-order valence-corrected chi connectivity index (χ0v) is 12.2. The summed E-state index contributed by atoms with van der Waals surface area (Å²) < 4.78 is 0. The molecule has 19 heavy (non-hydrogen) atoms. The number of aromatic nitrogens is 1. The number of nitrogens with one attached hydrogen (secondary N) is 1. The molecule has 1 aliphatic rings. The standard InChI is InChI=1S/C16H23N3/c1-16(2,3)8-9-18-15-13(11-17)10-12-6-4-5-7-14(12)19-15/h10H,4-9H2,1-3H3,(H,18,19). The summed E-state index contributed by atoms with van der Waals surface area (Å²) in [6.07, 6.45) is 5.62. The first kappa shape index (κ1) is 13.9. The third-order valence-electron chi connectivity index (χ3n) is 3.59. The van der Waals surface area contributed by atoms with E-state index in [-0.39, 0.29) is 0 Å². The topological polar surface area (TPSA) is 48.7 Å². The SMILES string of the molecule is CC(C)(C)CCNc1nc2c(cc1C#N)CCCC2. The number of hydrogen-bond donors (Lipinski definition) is 1. The molecular formula is C16H23N3. The van der Waals surface area contributed by atoms with Gasteiger partial charge in [0.15, 0.2) is 0 Å². The van der Waals surface area contributed by atoms with Gasteiger partial charge in [-0.15, -0.1) is 0 Å². The molecule has 1 N–H and O–H groups in total. The minimum absolute atomic E-state index is 0.300. The Labute approximate surface area is 116 Å². The van der Waals surface area contributed by atoms with Gasteiger partial charge in [0.2, 0.25) is 0 Å². The minimum Gasteiger partial charge on any atom is -0.369 e. The summed E-state index contributed by atoms with van der Waals surface area (Å²) >= 11 is 0. The van der Waals surface area contributed by atoms with Crippen molar-refractivity contribution < 1.29 is 0 Å². The van der Waals surface area contributed by atoms with Crippen molar-refractivity contribution in [1.82, 2.24) is 4.98 Å². The van der Waals surface area contributed by atoms with Crippen molar-refractivity contribution in [3.8, 4) is 6.07 Å². The summed E-state index contributed by atoms with van der Waals surface area (Å²) in [6, 6.07) is 4.30. The van der Waals surface area contributed by atoms with Gasteiger partial charge in [0.25, 0.3) is 0 Å². The van der Waals surface area contributed by atoms with Gasteiger partial charge in [0, 0.05) is 12.2 Å². The molecule has 102 valence electrons. The van der Waals surface area contributed by atoms with Gasteiger partial charge in [0.05, 0.1) is 5.56 Å². The molecule has 0 saturated carbocycles. The van der Waals surface area contributed by atoms with Crippen molar-refractivity contribution in [1.29, 1.82) is 5.26 Å². The molecule has 0 unspecified atom stereocenters. The van der Waals surface area contributed by atoms with Crippen molar-refractivity contribution in [3.63, 3.8) is 0 Å². The number of anilines is 1. The van der Waals surface area contributed by atoms with Crippen LogP contribution in [0.3, 0.4) is 0 Å². The van der Waals surface area contributed by atoms with Crippen LogP contribution < -0.4 is 5.32 Å². The van der Waals surface area contributed by atoms with Gasteiger partial charge in [-0.1, -0.05) is 20.8 Å². The van der Waals surface area contributed by atoms with Crippen LogP contribution in [-0.4, -0.2) is 11.5 Å². The van der Waals surface area contributed by atoms with Crippen LogP contribution >= 0.6 is 0 Å². The molecule has 1 heterocycles. The summed E-state index contributed by atoms with van der Waals surface area (Å²) in [5.74, 6) is 0.771. The molecule has 0 aliphatic heterocycles. The smallest absolute Gasteiger partial charge is 0.144 e. The van der Waals surface area contributed by atoms with Crippen LogP contribution in [0, 0.1) is 16.7 Å². The normalized spacial score (nSPS) is 14.6. The first-order valence-electron chi connectivity index (χ1n) is 7.16. The Morgan fingerprint density at radius 1 is 1.32 bits per heavy atom. The highest BCUT2D eigenvalue weighted by Crippen LogP contribution is 2.25. The molecule has 2 rings (SSSR count). The number of nitrogens with zero attached hydrogens (tertiary/aromatic N) is 2. The Balaban J connectivity index is 2.13. The summed E-state index contributed by atoms with van der Waals surface area (Å²) in [6.45, 7) is 7.53. The van der Waals surface area contributed by atoms with E-state index >= 15 is 0 Å². The average molecular weight is 257 g/mol. The van der Waals surface area contributed by atoms with E-state index in [2.05, 4.69) is 37.1 Å². The van der Waals surface area contributed by atoms with E-state index in [0.717, 1.165) is 31.6 Å². The maximum atomic E-state index is 9.25. The number of aryl methyl sites for hydroxylation is 2. The molecule has 0 saturated heterocycles. The van der Waals surface area contributed by atoms with Gasteiger partial charge in [-0.3, -0.25) is 0 Å². The molecule has 0 atom stereocenters. The van der Waals surface area contributed by atoms with Crippen LogP contribution in [0.25, 0.3) is 0 Å². The Hall–Kier alpha value is -1.56. The number of fused-ring (bicyclic) bond motifs is 1. The van der Waals surface area contributed by atoms with Crippen LogP contribution in [0.2, 0.25) is 0 Å². The van der Waals surface area contributed by atoms with E-state index in [0.29, 0.717) is 11.0 Å². The van der Waals surface area contributed by atoms with E-state index in [1.54, 1.807) is 0 Å². The lowest BCUT2D eigenvalue weighted by Gasteiger charge is -2.20. The minimum atomic E-state index is 0.300. The third-order valence-corrected chi connectivity index (χ3v) is 3.59. The Kier molecular flexibility index (Phi) is 4.09. The summed E-state index contributed by atoms with van der Waals surface area (Å²) in [7, 11) is 0. The number of pyridine rings is 1. The highest BCUT2D eigenvalue weighted by atomic mass is 15.0. The molecule has 3 heteroatoms. The molecule has 1 aromatic rings.